The number of likely N-dealkylation sites (tertiary alicyclic amines) is 1. The first-order valence-electron chi connectivity index (χ1n) is 14.7. The molecule has 0 aliphatic carbocycles. The van der Waals surface area contributed by atoms with E-state index in [4.69, 9.17) is 0 Å². The van der Waals surface area contributed by atoms with Crippen molar-refractivity contribution in [1.29, 1.82) is 0 Å². The van der Waals surface area contributed by atoms with Gasteiger partial charge in [0.25, 0.3) is 0 Å². The topological polar surface area (TPSA) is 43.8 Å². The van der Waals surface area contributed by atoms with Crippen LogP contribution in [0.1, 0.15) is 104 Å². The van der Waals surface area contributed by atoms with Crippen LogP contribution in [0.2, 0.25) is 0 Å². The fraction of sp³-hybridized carbons (Fsp3) is 0.594. The Hall–Kier alpha value is -2.52. The molecule has 0 amide bonds. The van der Waals surface area contributed by atoms with Gasteiger partial charge in [-0.05, 0) is 137 Å². The van der Waals surface area contributed by atoms with Gasteiger partial charge in [0, 0.05) is 0 Å². The van der Waals surface area contributed by atoms with Crippen LogP contribution in [0, 0.1) is 18.6 Å². The maximum Gasteiger partial charge on any atom is 0.416 e. The summed E-state index contributed by atoms with van der Waals surface area (Å²) in [6.45, 7) is 8.27. The number of likely N-dealkylation sites (N-methyl/N-ethyl adjacent to an activating group) is 1. The number of aliphatic carboxylic acids is 1. The van der Waals surface area contributed by atoms with Gasteiger partial charge in [-0.2, -0.15) is 13.2 Å². The maximum atomic E-state index is 15.0. The molecule has 1 fully saturated rings. The Morgan fingerprint density at radius 1 is 0.951 bits per heavy atom. The lowest BCUT2D eigenvalue weighted by Gasteiger charge is -2.32. The summed E-state index contributed by atoms with van der Waals surface area (Å²) in [4.78, 5) is 16.5. The molecule has 1 aliphatic rings. The number of alkyl halides is 3. The number of benzene rings is 2. The fourth-order valence-electron chi connectivity index (χ4n) is 6.26. The SMILES string of the molecule is CCC(CC)c1c(C(C(=O)O)N(C)CC[C@H](CCN2CCCCC2)c2cc(C(F)(F)F)ccc2F)ccc(F)c1C. The molecule has 9 heteroatoms. The molecule has 41 heavy (non-hydrogen) atoms. The van der Waals surface area contributed by atoms with Gasteiger partial charge in [0.1, 0.15) is 17.7 Å². The maximum absolute atomic E-state index is 15.0. The second-order valence-corrected chi connectivity index (χ2v) is 11.3. The highest BCUT2D eigenvalue weighted by molar-refractivity contribution is 5.76. The Labute approximate surface area is 240 Å². The van der Waals surface area contributed by atoms with Crippen molar-refractivity contribution in [2.24, 2.45) is 0 Å². The molecule has 0 spiro atoms. The summed E-state index contributed by atoms with van der Waals surface area (Å²) in [5, 5.41) is 10.3. The third-order valence-corrected chi connectivity index (χ3v) is 8.68. The number of halogens is 5. The van der Waals surface area contributed by atoms with Crippen LogP contribution in [-0.4, -0.2) is 54.1 Å². The highest BCUT2D eigenvalue weighted by Gasteiger charge is 2.34. The quantitative estimate of drug-likeness (QED) is 0.241. The molecule has 1 aliphatic heterocycles. The molecule has 1 heterocycles. The Morgan fingerprint density at radius 3 is 2.17 bits per heavy atom. The van der Waals surface area contributed by atoms with E-state index in [0.29, 0.717) is 29.7 Å². The summed E-state index contributed by atoms with van der Waals surface area (Å²) in [5.74, 6) is -2.73. The summed E-state index contributed by atoms with van der Waals surface area (Å²) >= 11 is 0. The van der Waals surface area contributed by atoms with Crippen LogP contribution in [0.5, 0.6) is 0 Å². The predicted octanol–water partition coefficient (Wildman–Crippen LogP) is 8.30. The van der Waals surface area contributed by atoms with Crippen molar-refractivity contribution >= 4 is 5.97 Å². The first-order valence-corrected chi connectivity index (χ1v) is 14.7. The second kappa shape index (κ2) is 14.6. The van der Waals surface area contributed by atoms with E-state index in [2.05, 4.69) is 4.90 Å². The number of hydrogen-bond acceptors (Lipinski definition) is 3. The summed E-state index contributed by atoms with van der Waals surface area (Å²) < 4.78 is 70.2. The molecule has 3 rings (SSSR count). The molecule has 1 N–H and O–H groups in total. The van der Waals surface area contributed by atoms with E-state index in [1.165, 1.54) is 12.1 Å². The van der Waals surface area contributed by atoms with Crippen molar-refractivity contribution in [3.8, 4) is 0 Å². The number of carboxylic acids is 1. The molecule has 1 unspecified atom stereocenters. The summed E-state index contributed by atoms with van der Waals surface area (Å²) in [5.41, 5.74) is 0.751. The van der Waals surface area contributed by atoms with E-state index >= 15 is 4.39 Å². The zero-order chi connectivity index (χ0) is 30.3. The minimum absolute atomic E-state index is 0.00690. The van der Waals surface area contributed by atoms with Gasteiger partial charge in [-0.1, -0.05) is 26.3 Å². The van der Waals surface area contributed by atoms with Crippen LogP contribution in [0.25, 0.3) is 0 Å². The van der Waals surface area contributed by atoms with Crippen molar-refractivity contribution in [2.45, 2.75) is 89.8 Å². The predicted molar refractivity (Wildman–Crippen MR) is 151 cm³/mol. The normalized spacial score (nSPS) is 16.4. The smallest absolute Gasteiger partial charge is 0.416 e. The van der Waals surface area contributed by atoms with E-state index in [0.717, 1.165) is 63.4 Å². The molecular formula is C32H43F5N2O2. The second-order valence-electron chi connectivity index (χ2n) is 11.3. The molecular weight excluding hydrogens is 539 g/mol. The van der Waals surface area contributed by atoms with Crippen molar-refractivity contribution < 1.29 is 31.9 Å². The molecule has 0 radical (unpaired) electrons. The monoisotopic (exact) mass is 582 g/mol. The average molecular weight is 583 g/mol. The van der Waals surface area contributed by atoms with Gasteiger partial charge in [-0.15, -0.1) is 0 Å². The van der Waals surface area contributed by atoms with E-state index < -0.39 is 35.5 Å². The van der Waals surface area contributed by atoms with Gasteiger partial charge in [0.2, 0.25) is 0 Å². The molecule has 4 nitrogen and oxygen atoms in total. The van der Waals surface area contributed by atoms with Gasteiger partial charge in [0.05, 0.1) is 5.56 Å². The minimum atomic E-state index is -4.60. The Balaban J connectivity index is 1.92. The minimum Gasteiger partial charge on any atom is -0.480 e. The first-order chi connectivity index (χ1) is 19.4. The molecule has 228 valence electrons. The zero-order valence-corrected chi connectivity index (χ0v) is 24.5. The number of carboxylic acid groups (broad SMARTS) is 1. The Kier molecular flexibility index (Phi) is 11.7. The van der Waals surface area contributed by atoms with E-state index in [9.17, 15) is 27.5 Å². The average Bonchev–Trinajstić information content (AvgIpc) is 2.93. The van der Waals surface area contributed by atoms with Crippen LogP contribution in [0.4, 0.5) is 22.0 Å². The van der Waals surface area contributed by atoms with Gasteiger partial charge >= 0.3 is 12.1 Å². The number of piperidine rings is 1. The van der Waals surface area contributed by atoms with Gasteiger partial charge in [-0.25, -0.2) is 8.78 Å². The highest BCUT2D eigenvalue weighted by Crippen LogP contribution is 2.38. The summed E-state index contributed by atoms with van der Waals surface area (Å²) in [6, 6.07) is 4.27. The molecule has 0 bridgehead atoms. The Bertz CT molecular complexity index is 1160. The fourth-order valence-corrected chi connectivity index (χ4v) is 6.26. The molecule has 2 aromatic rings. The lowest BCUT2D eigenvalue weighted by molar-refractivity contribution is -0.143. The van der Waals surface area contributed by atoms with Crippen molar-refractivity contribution in [2.75, 3.05) is 33.2 Å². The zero-order valence-electron chi connectivity index (χ0n) is 24.5. The number of nitrogens with zero attached hydrogens (tertiary/aromatic N) is 2. The van der Waals surface area contributed by atoms with Crippen molar-refractivity contribution in [1.82, 2.24) is 9.80 Å². The van der Waals surface area contributed by atoms with Gasteiger partial charge in [-0.3, -0.25) is 9.69 Å². The lowest BCUT2D eigenvalue weighted by atomic mass is 9.83. The number of rotatable bonds is 13. The Morgan fingerprint density at radius 2 is 1.59 bits per heavy atom. The third-order valence-electron chi connectivity index (χ3n) is 8.68. The van der Waals surface area contributed by atoms with E-state index in [-0.39, 0.29) is 30.3 Å². The lowest BCUT2D eigenvalue weighted by Crippen LogP contribution is -2.34. The molecule has 2 aromatic carbocycles. The number of carbonyl (C=O) groups is 1. The van der Waals surface area contributed by atoms with Crippen LogP contribution in [0.3, 0.4) is 0 Å². The third kappa shape index (κ3) is 8.28. The van der Waals surface area contributed by atoms with Crippen LogP contribution >= 0.6 is 0 Å². The van der Waals surface area contributed by atoms with Crippen molar-refractivity contribution in [3.05, 3.63) is 69.8 Å². The molecule has 0 saturated carbocycles. The van der Waals surface area contributed by atoms with Crippen LogP contribution < -0.4 is 0 Å². The largest absolute Gasteiger partial charge is 0.480 e. The number of hydrogen-bond donors (Lipinski definition) is 1. The first kappa shape index (κ1) is 33.0. The standard InChI is InChI=1S/C32H43F5N2O2/c1-5-22(6-2)29-21(3)27(33)13-11-25(29)30(31(40)41)38(4)18-14-23(15-19-39-16-8-7-9-17-39)26-20-24(32(35,36)37)10-12-28(26)34/h10-13,20,22-23,30H,5-9,14-19H2,1-4H3,(H,40,41)/t23-,30?/m1/s1. The van der Waals surface area contributed by atoms with Crippen LogP contribution in [-0.2, 0) is 11.0 Å². The molecule has 0 aromatic heterocycles. The van der Waals surface area contributed by atoms with Gasteiger partial charge in [0.15, 0.2) is 0 Å². The van der Waals surface area contributed by atoms with Crippen LogP contribution in [0.15, 0.2) is 30.3 Å². The highest BCUT2D eigenvalue weighted by atomic mass is 19.4. The van der Waals surface area contributed by atoms with E-state index in [1.807, 2.05) is 13.8 Å². The summed E-state index contributed by atoms with van der Waals surface area (Å²) in [6.07, 6.45) is 0.825. The molecule has 2 atom stereocenters. The van der Waals surface area contributed by atoms with Crippen molar-refractivity contribution in [3.63, 3.8) is 0 Å². The van der Waals surface area contributed by atoms with E-state index in [1.54, 1.807) is 18.9 Å². The summed E-state index contributed by atoms with van der Waals surface area (Å²) in [7, 11) is 1.65. The molecule has 1 saturated heterocycles. The van der Waals surface area contributed by atoms with Gasteiger partial charge < -0.3 is 10.0 Å².